The van der Waals surface area contributed by atoms with Crippen molar-refractivity contribution in [2.75, 3.05) is 26.2 Å². The minimum absolute atomic E-state index is 0.113. The minimum atomic E-state index is -1.07. The summed E-state index contributed by atoms with van der Waals surface area (Å²) >= 11 is 6.16. The normalized spacial score (nSPS) is 18.4. The van der Waals surface area contributed by atoms with Gasteiger partial charge in [-0.05, 0) is 37.1 Å². The number of benzene rings is 1. The van der Waals surface area contributed by atoms with E-state index in [0.29, 0.717) is 61.1 Å². The zero-order valence-corrected chi connectivity index (χ0v) is 16.4. The number of carbonyl (C=O) groups excluding carboxylic acids is 1. The van der Waals surface area contributed by atoms with Crippen LogP contribution in [0.5, 0.6) is 0 Å². The summed E-state index contributed by atoms with van der Waals surface area (Å²) in [6.45, 7) is 1.98. The van der Waals surface area contributed by atoms with Crippen molar-refractivity contribution < 1.29 is 14.7 Å². The van der Waals surface area contributed by atoms with Crippen LogP contribution in [0.1, 0.15) is 28.9 Å². The first-order chi connectivity index (χ1) is 14.0. The fourth-order valence-electron chi connectivity index (χ4n) is 3.33. The number of carboxylic acids is 1. The molecule has 2 aromatic rings. The van der Waals surface area contributed by atoms with E-state index in [0.717, 1.165) is 0 Å². The van der Waals surface area contributed by atoms with Crippen molar-refractivity contribution in [2.45, 2.75) is 18.4 Å². The molecular formula is C20H20ClN5O3. The Labute approximate surface area is 172 Å². The molecule has 2 heterocycles. The number of piperazine rings is 1. The fourth-order valence-corrected chi connectivity index (χ4v) is 3.55. The molecule has 150 valence electrons. The third kappa shape index (κ3) is 3.93. The van der Waals surface area contributed by atoms with Crippen LogP contribution < -0.4 is 0 Å². The van der Waals surface area contributed by atoms with Crippen LogP contribution in [0.25, 0.3) is 0 Å². The number of amides is 1. The summed E-state index contributed by atoms with van der Waals surface area (Å²) in [5, 5.41) is 18.0. The smallest absolute Gasteiger partial charge is 0.331 e. The van der Waals surface area contributed by atoms with E-state index < -0.39 is 11.5 Å². The Morgan fingerprint density at radius 3 is 2.31 bits per heavy atom. The Bertz CT molecular complexity index is 954. The van der Waals surface area contributed by atoms with Crippen molar-refractivity contribution in [3.63, 3.8) is 0 Å². The van der Waals surface area contributed by atoms with Crippen molar-refractivity contribution in [1.29, 1.82) is 0 Å². The number of hydrogen-bond acceptors (Lipinski definition) is 5. The monoisotopic (exact) mass is 413 g/mol. The second kappa shape index (κ2) is 7.79. The second-order valence-corrected chi connectivity index (χ2v) is 7.55. The molecule has 0 bridgehead atoms. The van der Waals surface area contributed by atoms with Crippen molar-refractivity contribution in [2.24, 2.45) is 4.99 Å². The maximum absolute atomic E-state index is 12.8. The molecule has 0 spiro atoms. The number of hydrogen-bond donors (Lipinski definition) is 1. The van der Waals surface area contributed by atoms with Gasteiger partial charge < -0.3 is 14.9 Å². The van der Waals surface area contributed by atoms with Crippen molar-refractivity contribution in [3.8, 4) is 0 Å². The lowest BCUT2D eigenvalue weighted by Crippen LogP contribution is -2.51. The number of nitrogens with zero attached hydrogens (tertiary/aromatic N) is 5. The number of aliphatic carboxylic acids is 1. The number of aliphatic imine (C=N–C) groups is 1. The summed E-state index contributed by atoms with van der Waals surface area (Å²) in [7, 11) is 0. The van der Waals surface area contributed by atoms with Crippen LogP contribution in [-0.4, -0.2) is 74.5 Å². The topological polar surface area (TPSA) is 99.0 Å². The molecule has 1 aromatic heterocycles. The second-order valence-electron chi connectivity index (χ2n) is 7.14. The molecule has 2 aliphatic rings. The van der Waals surface area contributed by atoms with Gasteiger partial charge in [0.2, 0.25) is 0 Å². The van der Waals surface area contributed by atoms with Crippen LogP contribution in [0, 0.1) is 0 Å². The highest BCUT2D eigenvalue weighted by Gasteiger charge is 2.51. The summed E-state index contributed by atoms with van der Waals surface area (Å²) < 4.78 is 0. The van der Waals surface area contributed by atoms with E-state index in [4.69, 9.17) is 11.6 Å². The van der Waals surface area contributed by atoms with E-state index in [1.807, 2.05) is 4.90 Å². The lowest BCUT2D eigenvalue weighted by atomic mass is 10.1. The highest BCUT2D eigenvalue weighted by molar-refractivity contribution is 6.33. The SMILES string of the molecule is O=C(c1ccccc1Cl)N1CCN(/C(=N/C2(C(=O)O)CC2)c2cccnn2)CC1. The van der Waals surface area contributed by atoms with E-state index in [-0.39, 0.29) is 5.91 Å². The van der Waals surface area contributed by atoms with Crippen LogP contribution in [-0.2, 0) is 4.79 Å². The maximum atomic E-state index is 12.8. The zero-order valence-electron chi connectivity index (χ0n) is 15.7. The number of aromatic nitrogens is 2. The molecule has 1 saturated carbocycles. The Morgan fingerprint density at radius 1 is 1.03 bits per heavy atom. The van der Waals surface area contributed by atoms with Gasteiger partial charge in [-0.3, -0.25) is 4.79 Å². The molecule has 1 amide bonds. The molecule has 1 saturated heterocycles. The van der Waals surface area contributed by atoms with Gasteiger partial charge in [-0.2, -0.15) is 5.10 Å². The van der Waals surface area contributed by atoms with Gasteiger partial charge in [-0.15, -0.1) is 5.10 Å². The van der Waals surface area contributed by atoms with Crippen molar-refractivity contribution in [1.82, 2.24) is 20.0 Å². The van der Waals surface area contributed by atoms with Crippen LogP contribution >= 0.6 is 11.6 Å². The zero-order chi connectivity index (χ0) is 20.4. The molecule has 8 nitrogen and oxygen atoms in total. The standard InChI is InChI=1S/C20H20ClN5O3/c21-15-5-2-1-4-14(15)18(27)26-12-10-25(11-13-26)17(16-6-3-9-22-24-16)23-20(7-8-20)19(28)29/h1-6,9H,7-8,10-13H2,(H,28,29)/b23-17+. The summed E-state index contributed by atoms with van der Waals surface area (Å²) in [5.74, 6) is -0.522. The molecule has 1 N–H and O–H groups in total. The predicted octanol–water partition coefficient (Wildman–Crippen LogP) is 1.95. The highest BCUT2D eigenvalue weighted by atomic mass is 35.5. The van der Waals surface area contributed by atoms with Gasteiger partial charge in [0.1, 0.15) is 5.69 Å². The van der Waals surface area contributed by atoms with Crippen LogP contribution in [0.3, 0.4) is 0 Å². The number of rotatable bonds is 4. The molecule has 0 atom stereocenters. The lowest BCUT2D eigenvalue weighted by Gasteiger charge is -2.36. The number of carboxylic acid groups (broad SMARTS) is 1. The largest absolute Gasteiger partial charge is 0.479 e. The fraction of sp³-hybridized carbons (Fsp3) is 0.350. The van der Waals surface area contributed by atoms with Gasteiger partial charge in [0.15, 0.2) is 11.4 Å². The van der Waals surface area contributed by atoms with Crippen molar-refractivity contribution in [3.05, 3.63) is 58.9 Å². The quantitative estimate of drug-likeness (QED) is 0.607. The molecule has 1 aromatic carbocycles. The average Bonchev–Trinajstić information content (AvgIpc) is 3.54. The first-order valence-electron chi connectivity index (χ1n) is 9.40. The Morgan fingerprint density at radius 2 is 1.72 bits per heavy atom. The molecule has 9 heteroatoms. The molecular weight excluding hydrogens is 394 g/mol. The van der Waals surface area contributed by atoms with Crippen LogP contribution in [0.2, 0.25) is 5.02 Å². The Balaban J connectivity index is 1.53. The summed E-state index contributed by atoms with van der Waals surface area (Å²) in [6, 6.07) is 10.5. The van der Waals surface area contributed by atoms with Crippen molar-refractivity contribution >= 4 is 29.3 Å². The summed E-state index contributed by atoms with van der Waals surface area (Å²) in [5.41, 5.74) is -0.0590. The Hall–Kier alpha value is -3.00. The van der Waals surface area contributed by atoms with Crippen LogP contribution in [0.15, 0.2) is 47.6 Å². The van der Waals surface area contributed by atoms with Gasteiger partial charge in [0.25, 0.3) is 5.91 Å². The minimum Gasteiger partial charge on any atom is -0.479 e. The summed E-state index contributed by atoms with van der Waals surface area (Å²) in [6.07, 6.45) is 2.58. The lowest BCUT2D eigenvalue weighted by molar-refractivity contribution is -0.139. The van der Waals surface area contributed by atoms with Gasteiger partial charge in [0.05, 0.1) is 10.6 Å². The van der Waals surface area contributed by atoms with Gasteiger partial charge in [0, 0.05) is 32.4 Å². The first kappa shape index (κ1) is 19.3. The number of amidine groups is 1. The third-order valence-electron chi connectivity index (χ3n) is 5.21. The maximum Gasteiger partial charge on any atom is 0.331 e. The third-order valence-corrected chi connectivity index (χ3v) is 5.54. The molecule has 1 aliphatic heterocycles. The van der Waals surface area contributed by atoms with Gasteiger partial charge in [-0.1, -0.05) is 23.7 Å². The van der Waals surface area contributed by atoms with Gasteiger partial charge >= 0.3 is 5.97 Å². The molecule has 1 aliphatic carbocycles. The number of carbonyl (C=O) groups is 2. The first-order valence-corrected chi connectivity index (χ1v) is 9.78. The van der Waals surface area contributed by atoms with Gasteiger partial charge in [-0.25, -0.2) is 9.79 Å². The highest BCUT2D eigenvalue weighted by Crippen LogP contribution is 2.40. The number of halogens is 1. The molecule has 29 heavy (non-hydrogen) atoms. The van der Waals surface area contributed by atoms with E-state index in [1.54, 1.807) is 47.5 Å². The van der Waals surface area contributed by atoms with E-state index in [9.17, 15) is 14.7 Å². The van der Waals surface area contributed by atoms with E-state index in [1.165, 1.54) is 0 Å². The molecule has 0 unspecified atom stereocenters. The summed E-state index contributed by atoms with van der Waals surface area (Å²) in [4.78, 5) is 32.7. The Kier molecular flexibility index (Phi) is 5.19. The molecule has 2 fully saturated rings. The van der Waals surface area contributed by atoms with E-state index in [2.05, 4.69) is 15.2 Å². The van der Waals surface area contributed by atoms with E-state index >= 15 is 0 Å². The van der Waals surface area contributed by atoms with Crippen LogP contribution in [0.4, 0.5) is 0 Å². The average molecular weight is 414 g/mol. The molecule has 0 radical (unpaired) electrons. The molecule has 4 rings (SSSR count). The predicted molar refractivity (Wildman–Crippen MR) is 107 cm³/mol.